The molecule has 0 heterocycles. The molecule has 3 heteroatoms. The molecular weight excluding hydrogens is 230 g/mol. The Balaban J connectivity index is 3.09. The van der Waals surface area contributed by atoms with Crippen LogP contribution in [-0.2, 0) is 11.2 Å². The summed E-state index contributed by atoms with van der Waals surface area (Å²) in [5, 5.41) is 8.73. The lowest BCUT2D eigenvalue weighted by molar-refractivity contribution is 0.568. The van der Waals surface area contributed by atoms with Crippen LogP contribution in [0.15, 0.2) is 28.7 Å². The molecule has 0 atom stereocenters. The van der Waals surface area contributed by atoms with Gasteiger partial charge in [0, 0.05) is 17.0 Å². The Morgan fingerprint density at radius 2 is 2.31 bits per heavy atom. The van der Waals surface area contributed by atoms with Crippen molar-refractivity contribution in [2.24, 2.45) is 0 Å². The largest absolute Gasteiger partial charge is 0.234 e. The average Bonchev–Trinajstić information content (AvgIpc) is 2.15. The Hall–Kier alpha value is -1.36. The fourth-order valence-electron chi connectivity index (χ4n) is 0.992. The van der Waals surface area contributed by atoms with E-state index in [4.69, 9.17) is 5.26 Å². The number of halogens is 1. The molecule has 0 N–H and O–H groups in total. The first-order valence-corrected chi connectivity index (χ1v) is 4.45. The minimum absolute atomic E-state index is 0.450. The Labute approximate surface area is 84.6 Å². The van der Waals surface area contributed by atoms with Crippen molar-refractivity contribution in [3.8, 4) is 6.07 Å². The summed E-state index contributed by atoms with van der Waals surface area (Å²) in [5.74, 6) is 1.69. The number of allylic oxidation sites excluding steroid dienone is 1. The van der Waals surface area contributed by atoms with Crippen LogP contribution in [0, 0.1) is 11.3 Å². The van der Waals surface area contributed by atoms with Gasteiger partial charge in [-0.25, -0.2) is 4.79 Å². The summed E-state index contributed by atoms with van der Waals surface area (Å²) in [6.45, 7) is 0. The van der Waals surface area contributed by atoms with Crippen LogP contribution in [0.3, 0.4) is 0 Å². The summed E-state index contributed by atoms with van der Waals surface area (Å²) in [7, 11) is 0. The van der Waals surface area contributed by atoms with Crippen molar-refractivity contribution in [1.29, 1.82) is 5.26 Å². The number of benzene rings is 1. The Kier molecular flexibility index (Phi) is 3.45. The summed E-state index contributed by atoms with van der Waals surface area (Å²) >= 11 is 3.30. The van der Waals surface area contributed by atoms with Crippen molar-refractivity contribution in [1.82, 2.24) is 0 Å². The third-order valence-corrected chi connectivity index (χ3v) is 2.09. The van der Waals surface area contributed by atoms with E-state index in [2.05, 4.69) is 22.0 Å². The van der Waals surface area contributed by atoms with Crippen LogP contribution in [0.25, 0.3) is 0 Å². The molecule has 0 unspecified atom stereocenters. The lowest BCUT2D eigenvalue weighted by Gasteiger charge is -1.99. The van der Waals surface area contributed by atoms with Gasteiger partial charge in [0.15, 0.2) is 0 Å². The first-order chi connectivity index (χ1) is 6.27. The summed E-state index contributed by atoms with van der Waals surface area (Å²) in [4.78, 5) is 9.99. The maximum Gasteiger partial charge on any atom is 0.120 e. The number of rotatable bonds is 2. The molecule has 0 saturated carbocycles. The zero-order valence-electron chi connectivity index (χ0n) is 6.75. The minimum atomic E-state index is 0.450. The van der Waals surface area contributed by atoms with Gasteiger partial charge in [0.05, 0.1) is 11.6 Å². The van der Waals surface area contributed by atoms with Gasteiger partial charge in [-0.1, -0.05) is 15.9 Å². The first-order valence-electron chi connectivity index (χ1n) is 3.66. The first kappa shape index (κ1) is 9.73. The van der Waals surface area contributed by atoms with E-state index >= 15 is 0 Å². The predicted molar refractivity (Wildman–Crippen MR) is 52.8 cm³/mol. The van der Waals surface area contributed by atoms with Crippen LogP contribution >= 0.6 is 15.9 Å². The number of nitrogens with zero attached hydrogens (tertiary/aromatic N) is 1. The van der Waals surface area contributed by atoms with Gasteiger partial charge in [0.1, 0.15) is 5.94 Å². The molecule has 64 valence electrons. The maximum atomic E-state index is 9.99. The summed E-state index contributed by atoms with van der Waals surface area (Å²) in [6, 6.07) is 7.41. The van der Waals surface area contributed by atoms with E-state index in [0.717, 1.165) is 10.0 Å². The zero-order valence-corrected chi connectivity index (χ0v) is 8.34. The van der Waals surface area contributed by atoms with E-state index < -0.39 is 0 Å². The van der Waals surface area contributed by atoms with Crippen LogP contribution in [0.2, 0.25) is 0 Å². The fraction of sp³-hybridized carbons (Fsp3) is 0.100. The lowest BCUT2D eigenvalue weighted by Crippen LogP contribution is -1.87. The molecule has 0 aliphatic rings. The Bertz CT molecular complexity index is 400. The highest BCUT2D eigenvalue weighted by Gasteiger charge is 2.00. The normalized spacial score (nSPS) is 8.62. The van der Waals surface area contributed by atoms with Gasteiger partial charge in [-0.3, -0.25) is 0 Å². The van der Waals surface area contributed by atoms with Crippen LogP contribution in [0.4, 0.5) is 0 Å². The smallest absolute Gasteiger partial charge is 0.120 e. The highest BCUT2D eigenvalue weighted by Crippen LogP contribution is 2.16. The molecular formula is C10H6BrNO. The van der Waals surface area contributed by atoms with Crippen LogP contribution < -0.4 is 0 Å². The van der Waals surface area contributed by atoms with Crippen molar-refractivity contribution in [2.75, 3.05) is 0 Å². The molecule has 0 saturated heterocycles. The molecule has 0 bridgehead atoms. The van der Waals surface area contributed by atoms with E-state index in [-0.39, 0.29) is 0 Å². The van der Waals surface area contributed by atoms with Crippen molar-refractivity contribution < 1.29 is 4.79 Å². The van der Waals surface area contributed by atoms with Crippen molar-refractivity contribution in [3.63, 3.8) is 0 Å². The SMILES string of the molecule is N#Cc1ccc(Br)cc1CC=C=O. The molecule has 2 nitrogen and oxygen atoms in total. The zero-order chi connectivity index (χ0) is 9.68. The molecule has 1 aromatic carbocycles. The van der Waals surface area contributed by atoms with E-state index in [1.807, 2.05) is 6.07 Å². The predicted octanol–water partition coefficient (Wildman–Crippen LogP) is 2.25. The molecule has 0 fully saturated rings. The second kappa shape index (κ2) is 4.61. The van der Waals surface area contributed by atoms with E-state index in [0.29, 0.717) is 12.0 Å². The Morgan fingerprint density at radius 1 is 1.54 bits per heavy atom. The van der Waals surface area contributed by atoms with Crippen molar-refractivity contribution >= 4 is 21.9 Å². The van der Waals surface area contributed by atoms with Crippen LogP contribution in [-0.4, -0.2) is 5.94 Å². The third kappa shape index (κ3) is 2.55. The standard InChI is InChI=1S/C10H6BrNO/c11-10-4-3-9(7-12)8(6-10)2-1-5-13/h1,3-4,6H,2H2. The molecule has 0 aliphatic heterocycles. The number of nitriles is 1. The van der Waals surface area contributed by atoms with Crippen LogP contribution in [0.1, 0.15) is 11.1 Å². The van der Waals surface area contributed by atoms with E-state index in [9.17, 15) is 4.79 Å². The van der Waals surface area contributed by atoms with Crippen LogP contribution in [0.5, 0.6) is 0 Å². The molecule has 1 rings (SSSR count). The number of hydrogen-bond acceptors (Lipinski definition) is 2. The molecule has 0 aliphatic carbocycles. The molecule has 0 radical (unpaired) electrons. The fourth-order valence-corrected chi connectivity index (χ4v) is 1.40. The minimum Gasteiger partial charge on any atom is -0.234 e. The number of carbonyl (C=O) groups excluding carboxylic acids is 1. The van der Waals surface area contributed by atoms with Gasteiger partial charge in [-0.05, 0) is 23.8 Å². The lowest BCUT2D eigenvalue weighted by atomic mass is 10.1. The summed E-state index contributed by atoms with van der Waals surface area (Å²) in [5.41, 5.74) is 1.43. The van der Waals surface area contributed by atoms with E-state index in [1.54, 1.807) is 18.1 Å². The van der Waals surface area contributed by atoms with Gasteiger partial charge in [-0.15, -0.1) is 0 Å². The van der Waals surface area contributed by atoms with Crippen molar-refractivity contribution in [3.05, 3.63) is 39.9 Å². The maximum absolute atomic E-state index is 9.99. The average molecular weight is 236 g/mol. The second-order valence-corrected chi connectivity index (χ2v) is 3.36. The topological polar surface area (TPSA) is 40.9 Å². The third-order valence-electron chi connectivity index (χ3n) is 1.59. The monoisotopic (exact) mass is 235 g/mol. The number of hydrogen-bond donors (Lipinski definition) is 0. The molecule has 0 amide bonds. The van der Waals surface area contributed by atoms with Gasteiger partial charge in [-0.2, -0.15) is 5.26 Å². The van der Waals surface area contributed by atoms with Gasteiger partial charge >= 0.3 is 0 Å². The molecule has 0 aromatic heterocycles. The quantitative estimate of drug-likeness (QED) is 0.739. The van der Waals surface area contributed by atoms with Gasteiger partial charge in [0.25, 0.3) is 0 Å². The highest BCUT2D eigenvalue weighted by atomic mass is 79.9. The van der Waals surface area contributed by atoms with Gasteiger partial charge in [0.2, 0.25) is 0 Å². The van der Waals surface area contributed by atoms with Crippen molar-refractivity contribution in [2.45, 2.75) is 6.42 Å². The second-order valence-electron chi connectivity index (χ2n) is 2.44. The summed E-state index contributed by atoms with van der Waals surface area (Å²) < 4.78 is 0.904. The molecule has 1 aromatic rings. The van der Waals surface area contributed by atoms with E-state index in [1.165, 1.54) is 6.08 Å². The molecule has 13 heavy (non-hydrogen) atoms. The highest BCUT2D eigenvalue weighted by molar-refractivity contribution is 9.10. The Morgan fingerprint density at radius 3 is 2.92 bits per heavy atom. The summed E-state index contributed by atoms with van der Waals surface area (Å²) in [6.07, 6.45) is 1.81. The van der Waals surface area contributed by atoms with Gasteiger partial charge < -0.3 is 0 Å². The molecule has 0 spiro atoms.